The van der Waals surface area contributed by atoms with Crippen molar-refractivity contribution in [1.82, 2.24) is 29.0 Å². The molecular weight excluding hydrogens is 620 g/mol. The zero-order chi connectivity index (χ0) is 31.8. The van der Waals surface area contributed by atoms with Crippen molar-refractivity contribution in [3.63, 3.8) is 0 Å². The summed E-state index contributed by atoms with van der Waals surface area (Å²) in [6.45, 7) is 0.448. The molecule has 3 aromatic heterocycles. The van der Waals surface area contributed by atoms with Gasteiger partial charge in [0.2, 0.25) is 5.91 Å². The van der Waals surface area contributed by atoms with E-state index >= 15 is 4.39 Å². The van der Waals surface area contributed by atoms with E-state index in [0.29, 0.717) is 35.1 Å². The highest BCUT2D eigenvalue weighted by Crippen LogP contribution is 2.43. The Bertz CT molecular complexity index is 1870. The fourth-order valence-electron chi connectivity index (χ4n) is 6.22. The molecule has 0 bridgehead atoms. The first-order valence-electron chi connectivity index (χ1n) is 14.4. The van der Waals surface area contributed by atoms with Gasteiger partial charge in [-0.15, -0.1) is 0 Å². The molecule has 45 heavy (non-hydrogen) atoms. The van der Waals surface area contributed by atoms with Gasteiger partial charge in [-0.1, -0.05) is 11.6 Å². The van der Waals surface area contributed by atoms with E-state index in [1.54, 1.807) is 4.40 Å². The molecule has 0 radical (unpaired) electrons. The molecule has 236 valence electrons. The Balaban J connectivity index is 1.30. The molecule has 16 heteroatoms. The van der Waals surface area contributed by atoms with Crippen molar-refractivity contribution in [3.8, 4) is 17.0 Å². The van der Waals surface area contributed by atoms with Crippen molar-refractivity contribution in [2.45, 2.75) is 62.8 Å². The fourth-order valence-corrected chi connectivity index (χ4v) is 6.44. The molecule has 4 aromatic rings. The maximum Gasteiger partial charge on any atom is 0.433 e. The van der Waals surface area contributed by atoms with Crippen LogP contribution in [0.5, 0.6) is 5.75 Å². The summed E-state index contributed by atoms with van der Waals surface area (Å²) in [4.78, 5) is 36.6. The van der Waals surface area contributed by atoms with E-state index < -0.39 is 35.0 Å². The zero-order valence-electron chi connectivity index (χ0n) is 23.9. The monoisotopic (exact) mass is 646 g/mol. The van der Waals surface area contributed by atoms with Crippen LogP contribution in [0.15, 0.2) is 24.4 Å². The lowest BCUT2D eigenvalue weighted by Gasteiger charge is -2.34. The van der Waals surface area contributed by atoms with E-state index in [2.05, 4.69) is 15.4 Å². The molecule has 3 aliphatic rings. The Morgan fingerprint density at radius 2 is 1.93 bits per heavy atom. The third-order valence-electron chi connectivity index (χ3n) is 8.55. The van der Waals surface area contributed by atoms with Crippen LogP contribution in [0.4, 0.5) is 29.2 Å². The van der Waals surface area contributed by atoms with Gasteiger partial charge in [0.25, 0.3) is 5.91 Å². The summed E-state index contributed by atoms with van der Waals surface area (Å²) >= 11 is 6.63. The SMILES string of the molecule is Cn1nc(NC(=O)c2cc(OC3CC3)c(-c3nc(C4CCC5CCC(=O)N5C4)n4c(Cl)cnc(N)c34)cc2F)cc1C(F)(F)F. The summed E-state index contributed by atoms with van der Waals surface area (Å²) in [5.41, 5.74) is 5.53. The van der Waals surface area contributed by atoms with Gasteiger partial charge in [-0.2, -0.15) is 18.3 Å². The van der Waals surface area contributed by atoms with Gasteiger partial charge in [0, 0.05) is 43.6 Å². The average molecular weight is 647 g/mol. The lowest BCUT2D eigenvalue weighted by molar-refractivity contribution is -0.143. The number of piperidine rings is 1. The standard InChI is InChI=1S/C29H27ClF4N8O3/c1-40-20(29(32,33)34)10-22(39-40)37-28(44)16-9-19(45-15-5-6-15)17(8-18(16)31)24-25-26(35)36-11-21(30)42(25)27(38-24)13-2-3-14-4-7-23(43)41(14)12-13/h8-11,13-15H,2-7,12H2,1H3,(H2,35,36)(H,37,39,44). The van der Waals surface area contributed by atoms with E-state index in [-0.39, 0.29) is 51.9 Å². The maximum absolute atomic E-state index is 15.8. The predicted molar refractivity (Wildman–Crippen MR) is 154 cm³/mol. The van der Waals surface area contributed by atoms with E-state index in [4.69, 9.17) is 27.1 Å². The number of ether oxygens (including phenoxy) is 1. The Kier molecular flexibility index (Phi) is 6.91. The average Bonchev–Trinajstić information content (AvgIpc) is 3.40. The normalized spacial score (nSPS) is 20.1. The number of nitrogens with one attached hydrogen (secondary N) is 1. The van der Waals surface area contributed by atoms with Crippen LogP contribution in [-0.4, -0.2) is 59.6 Å². The number of amides is 2. The van der Waals surface area contributed by atoms with Gasteiger partial charge in [0.15, 0.2) is 5.82 Å². The molecule has 11 nitrogen and oxygen atoms in total. The van der Waals surface area contributed by atoms with Crippen LogP contribution in [0.3, 0.4) is 0 Å². The molecule has 2 amide bonds. The number of hydrogen-bond acceptors (Lipinski definition) is 7. The number of anilines is 2. The van der Waals surface area contributed by atoms with Crippen LogP contribution in [0.1, 0.15) is 66.3 Å². The molecule has 3 N–H and O–H groups in total. The van der Waals surface area contributed by atoms with E-state index in [1.165, 1.54) is 12.3 Å². The summed E-state index contributed by atoms with van der Waals surface area (Å²) in [6.07, 6.45) is 0.867. The highest BCUT2D eigenvalue weighted by Gasteiger charge is 2.39. The second-order valence-electron chi connectivity index (χ2n) is 11.6. The Morgan fingerprint density at radius 3 is 2.64 bits per heavy atom. The topological polar surface area (TPSA) is 133 Å². The number of rotatable bonds is 6. The van der Waals surface area contributed by atoms with Gasteiger partial charge in [0.1, 0.15) is 45.3 Å². The number of benzene rings is 1. The molecule has 1 aromatic carbocycles. The van der Waals surface area contributed by atoms with E-state index in [1.807, 2.05) is 4.90 Å². The second-order valence-corrected chi connectivity index (χ2v) is 12.0. The molecular formula is C29H27ClF4N8O3. The molecule has 1 aliphatic carbocycles. The summed E-state index contributed by atoms with van der Waals surface area (Å²) in [5, 5.41) is 6.14. The number of nitrogen functional groups attached to an aromatic ring is 1. The minimum atomic E-state index is -4.70. The Morgan fingerprint density at radius 1 is 1.16 bits per heavy atom. The molecule has 7 rings (SSSR count). The van der Waals surface area contributed by atoms with Crippen LogP contribution in [0, 0.1) is 5.82 Å². The van der Waals surface area contributed by atoms with E-state index in [0.717, 1.165) is 45.2 Å². The van der Waals surface area contributed by atoms with Gasteiger partial charge in [0.05, 0.1) is 17.9 Å². The van der Waals surface area contributed by atoms with Crippen LogP contribution >= 0.6 is 11.6 Å². The van der Waals surface area contributed by atoms with Crippen LogP contribution in [0.25, 0.3) is 16.8 Å². The highest BCUT2D eigenvalue weighted by molar-refractivity contribution is 6.30. The first-order chi connectivity index (χ1) is 21.4. The van der Waals surface area contributed by atoms with Crippen LogP contribution in [0.2, 0.25) is 5.15 Å². The molecule has 0 spiro atoms. The van der Waals surface area contributed by atoms with Crippen LogP contribution in [-0.2, 0) is 18.0 Å². The summed E-state index contributed by atoms with van der Waals surface area (Å²) in [5.74, 6) is -1.74. The summed E-state index contributed by atoms with van der Waals surface area (Å²) < 4.78 is 63.8. The number of carbonyl (C=O) groups is 2. The number of halogens is 5. The Hall–Kier alpha value is -4.40. The molecule has 2 saturated heterocycles. The lowest BCUT2D eigenvalue weighted by Crippen LogP contribution is -2.41. The summed E-state index contributed by atoms with van der Waals surface area (Å²) in [6, 6.07) is 3.13. The third-order valence-corrected chi connectivity index (χ3v) is 8.82. The quantitative estimate of drug-likeness (QED) is 0.276. The van der Waals surface area contributed by atoms with Gasteiger partial charge < -0.3 is 20.7 Å². The van der Waals surface area contributed by atoms with Gasteiger partial charge in [-0.25, -0.2) is 14.4 Å². The smallest absolute Gasteiger partial charge is 0.433 e. The molecule has 2 aliphatic heterocycles. The van der Waals surface area contributed by atoms with Crippen molar-refractivity contribution in [2.75, 3.05) is 17.6 Å². The van der Waals surface area contributed by atoms with Gasteiger partial charge in [-0.05, 0) is 44.2 Å². The van der Waals surface area contributed by atoms with Crippen molar-refractivity contribution in [1.29, 1.82) is 0 Å². The largest absolute Gasteiger partial charge is 0.490 e. The number of nitrogens with two attached hydrogens (primary N) is 1. The lowest BCUT2D eigenvalue weighted by atomic mass is 9.92. The van der Waals surface area contributed by atoms with Crippen molar-refractivity contribution < 1.29 is 31.9 Å². The van der Waals surface area contributed by atoms with Crippen LogP contribution < -0.4 is 15.8 Å². The number of nitrogens with zero attached hydrogens (tertiary/aromatic N) is 6. The number of imidazole rings is 1. The molecule has 1 saturated carbocycles. The fraction of sp³-hybridized carbons (Fsp3) is 0.414. The van der Waals surface area contributed by atoms with Gasteiger partial charge in [-0.3, -0.25) is 18.7 Å². The number of alkyl halides is 3. The third kappa shape index (κ3) is 5.22. The first kappa shape index (κ1) is 29.3. The van der Waals surface area contributed by atoms with Gasteiger partial charge >= 0.3 is 6.18 Å². The van der Waals surface area contributed by atoms with E-state index in [9.17, 15) is 22.8 Å². The second kappa shape index (κ2) is 10.6. The number of hydrogen-bond donors (Lipinski definition) is 2. The summed E-state index contributed by atoms with van der Waals surface area (Å²) in [7, 11) is 1.08. The number of aromatic nitrogens is 5. The predicted octanol–water partition coefficient (Wildman–Crippen LogP) is 5.19. The number of fused-ring (bicyclic) bond motifs is 2. The first-order valence-corrected chi connectivity index (χ1v) is 14.8. The maximum atomic E-state index is 15.8. The number of aryl methyl sites for hydroxylation is 1. The Labute approximate surface area is 258 Å². The molecule has 5 heterocycles. The van der Waals surface area contributed by atoms with Crippen molar-refractivity contribution in [3.05, 3.63) is 52.4 Å². The minimum Gasteiger partial charge on any atom is -0.490 e. The number of carbonyl (C=O) groups excluding carboxylic acids is 2. The minimum absolute atomic E-state index is 0.0781. The van der Waals surface area contributed by atoms with Crippen molar-refractivity contribution >= 4 is 40.6 Å². The highest BCUT2D eigenvalue weighted by atomic mass is 35.5. The molecule has 2 atom stereocenters. The molecule has 3 fully saturated rings. The molecule has 2 unspecified atom stereocenters. The zero-order valence-corrected chi connectivity index (χ0v) is 24.6. The van der Waals surface area contributed by atoms with Crippen molar-refractivity contribution in [2.24, 2.45) is 7.05 Å².